The van der Waals surface area contributed by atoms with Crippen molar-refractivity contribution in [1.82, 2.24) is 19.6 Å². The van der Waals surface area contributed by atoms with E-state index in [9.17, 15) is 4.79 Å². The lowest BCUT2D eigenvalue weighted by atomic mass is 10.2. The summed E-state index contributed by atoms with van der Waals surface area (Å²) in [5, 5.41) is 11.6. The van der Waals surface area contributed by atoms with Gasteiger partial charge in [-0.1, -0.05) is 0 Å². The number of nitrogens with one attached hydrogen (secondary N) is 1. The van der Waals surface area contributed by atoms with Gasteiger partial charge in [-0.3, -0.25) is 9.48 Å². The molecule has 0 saturated heterocycles. The van der Waals surface area contributed by atoms with Crippen molar-refractivity contribution in [3.8, 4) is 0 Å². The fourth-order valence-electron chi connectivity index (χ4n) is 1.98. The summed E-state index contributed by atoms with van der Waals surface area (Å²) >= 11 is 0. The van der Waals surface area contributed by atoms with Crippen LogP contribution in [-0.4, -0.2) is 25.6 Å². The van der Waals surface area contributed by atoms with Crippen LogP contribution in [0.25, 0.3) is 0 Å². The van der Waals surface area contributed by atoms with Gasteiger partial charge in [0.25, 0.3) is 5.56 Å². The summed E-state index contributed by atoms with van der Waals surface area (Å²) in [6.07, 6.45) is 8.62. The van der Waals surface area contributed by atoms with Crippen LogP contribution < -0.4 is 10.9 Å². The highest BCUT2D eigenvalue weighted by Gasteiger charge is 2.20. The van der Waals surface area contributed by atoms with Crippen LogP contribution in [0.5, 0.6) is 0 Å². The Morgan fingerprint density at radius 3 is 2.84 bits per heavy atom. The summed E-state index contributed by atoms with van der Waals surface area (Å²) in [5.74, 6) is 0. The Morgan fingerprint density at radius 1 is 1.37 bits per heavy atom. The monoisotopic (exact) mass is 259 g/mol. The number of hydrogen-bond donors (Lipinski definition) is 1. The molecule has 100 valence electrons. The minimum Gasteiger partial charge on any atom is -0.381 e. The molecule has 2 aromatic rings. The molecule has 1 fully saturated rings. The largest absolute Gasteiger partial charge is 0.381 e. The first kappa shape index (κ1) is 12.0. The second-order valence-corrected chi connectivity index (χ2v) is 5.00. The Hall–Kier alpha value is -2.11. The molecular weight excluding hydrogens is 242 g/mol. The standard InChI is InChI=1S/C13H17N5O/c1-17-9-10(7-14-17)4-5-18-13(19)6-12(8-15-18)16-11-2-3-11/h6-9,11,16H,2-5H2,1H3. The molecule has 1 aliphatic rings. The topological polar surface area (TPSA) is 64.7 Å². The molecule has 6 nitrogen and oxygen atoms in total. The number of nitrogens with zero attached hydrogens (tertiary/aromatic N) is 4. The van der Waals surface area contributed by atoms with Crippen LogP contribution in [0.2, 0.25) is 0 Å². The SMILES string of the molecule is Cn1cc(CCn2ncc(NC3CC3)cc2=O)cn1. The molecule has 3 rings (SSSR count). The molecule has 19 heavy (non-hydrogen) atoms. The predicted molar refractivity (Wildman–Crippen MR) is 72.1 cm³/mol. The average molecular weight is 259 g/mol. The molecule has 1 saturated carbocycles. The van der Waals surface area contributed by atoms with E-state index in [2.05, 4.69) is 15.5 Å². The zero-order valence-electron chi connectivity index (χ0n) is 10.9. The lowest BCUT2D eigenvalue weighted by molar-refractivity contribution is 0.578. The quantitative estimate of drug-likeness (QED) is 0.862. The molecule has 0 amide bonds. The van der Waals surface area contributed by atoms with Gasteiger partial charge in [0, 0.05) is 31.9 Å². The summed E-state index contributed by atoms with van der Waals surface area (Å²) in [5.41, 5.74) is 1.87. The van der Waals surface area contributed by atoms with Crippen molar-refractivity contribution in [2.45, 2.75) is 31.8 Å². The van der Waals surface area contributed by atoms with E-state index >= 15 is 0 Å². The second kappa shape index (κ2) is 4.87. The van der Waals surface area contributed by atoms with Gasteiger partial charge in [-0.05, 0) is 24.8 Å². The lowest BCUT2D eigenvalue weighted by Crippen LogP contribution is -2.23. The van der Waals surface area contributed by atoms with E-state index in [4.69, 9.17) is 0 Å². The molecule has 1 aliphatic carbocycles. The molecule has 1 N–H and O–H groups in total. The van der Waals surface area contributed by atoms with Gasteiger partial charge >= 0.3 is 0 Å². The first-order valence-electron chi connectivity index (χ1n) is 6.52. The second-order valence-electron chi connectivity index (χ2n) is 5.00. The van der Waals surface area contributed by atoms with Crippen molar-refractivity contribution in [2.24, 2.45) is 7.05 Å². The number of aryl methyl sites for hydroxylation is 3. The molecular formula is C13H17N5O. The highest BCUT2D eigenvalue weighted by molar-refractivity contribution is 5.41. The van der Waals surface area contributed by atoms with Gasteiger partial charge in [-0.15, -0.1) is 0 Å². The molecule has 2 aromatic heterocycles. The van der Waals surface area contributed by atoms with Gasteiger partial charge in [0.1, 0.15) is 0 Å². The van der Waals surface area contributed by atoms with Crippen molar-refractivity contribution < 1.29 is 0 Å². The van der Waals surface area contributed by atoms with Crippen LogP contribution in [0.1, 0.15) is 18.4 Å². The van der Waals surface area contributed by atoms with E-state index in [-0.39, 0.29) is 5.56 Å². The fraction of sp³-hybridized carbons (Fsp3) is 0.462. The third-order valence-electron chi connectivity index (χ3n) is 3.19. The highest BCUT2D eigenvalue weighted by atomic mass is 16.1. The van der Waals surface area contributed by atoms with Gasteiger partial charge in [0.05, 0.1) is 18.1 Å². The van der Waals surface area contributed by atoms with E-state index in [1.165, 1.54) is 17.5 Å². The molecule has 0 bridgehead atoms. The normalized spacial score (nSPS) is 14.6. The van der Waals surface area contributed by atoms with Crippen LogP contribution in [0, 0.1) is 0 Å². The van der Waals surface area contributed by atoms with Crippen molar-refractivity contribution in [3.63, 3.8) is 0 Å². The molecule has 0 spiro atoms. The third-order valence-corrected chi connectivity index (χ3v) is 3.19. The van der Waals surface area contributed by atoms with Gasteiger partial charge in [0.15, 0.2) is 0 Å². The third kappa shape index (κ3) is 3.01. The number of hydrogen-bond acceptors (Lipinski definition) is 4. The Labute approximate surface area is 111 Å². The molecule has 2 heterocycles. The summed E-state index contributed by atoms with van der Waals surface area (Å²) in [4.78, 5) is 11.9. The Kier molecular flexibility index (Phi) is 3.06. The zero-order chi connectivity index (χ0) is 13.2. The maximum atomic E-state index is 11.9. The average Bonchev–Trinajstić information content (AvgIpc) is 3.09. The first-order chi connectivity index (χ1) is 9.20. The first-order valence-corrected chi connectivity index (χ1v) is 6.52. The van der Waals surface area contributed by atoms with Crippen molar-refractivity contribution in [2.75, 3.05) is 5.32 Å². The van der Waals surface area contributed by atoms with Gasteiger partial charge in [-0.2, -0.15) is 10.2 Å². The van der Waals surface area contributed by atoms with Gasteiger partial charge < -0.3 is 5.32 Å². The van der Waals surface area contributed by atoms with E-state index in [1.807, 2.05) is 19.4 Å². The van der Waals surface area contributed by atoms with E-state index in [1.54, 1.807) is 16.9 Å². The predicted octanol–water partition coefficient (Wildman–Crippen LogP) is 0.794. The molecule has 0 atom stereocenters. The molecule has 0 aromatic carbocycles. The highest BCUT2D eigenvalue weighted by Crippen LogP contribution is 2.23. The summed E-state index contributed by atoms with van der Waals surface area (Å²) in [7, 11) is 1.88. The smallest absolute Gasteiger partial charge is 0.268 e. The summed E-state index contributed by atoms with van der Waals surface area (Å²) in [6, 6.07) is 2.15. The Morgan fingerprint density at radius 2 is 2.21 bits per heavy atom. The van der Waals surface area contributed by atoms with Crippen molar-refractivity contribution >= 4 is 5.69 Å². The maximum Gasteiger partial charge on any atom is 0.268 e. The molecule has 6 heteroatoms. The number of aromatic nitrogens is 4. The summed E-state index contributed by atoms with van der Waals surface area (Å²) in [6.45, 7) is 0.578. The van der Waals surface area contributed by atoms with Crippen LogP contribution in [0.15, 0.2) is 29.5 Å². The van der Waals surface area contributed by atoms with E-state index in [0.717, 1.165) is 17.7 Å². The molecule has 0 aliphatic heterocycles. The number of anilines is 1. The van der Waals surface area contributed by atoms with Crippen LogP contribution >= 0.6 is 0 Å². The van der Waals surface area contributed by atoms with Gasteiger partial charge in [0.2, 0.25) is 0 Å². The molecule has 0 unspecified atom stereocenters. The van der Waals surface area contributed by atoms with Gasteiger partial charge in [-0.25, -0.2) is 4.68 Å². The minimum absolute atomic E-state index is 0.0606. The lowest BCUT2D eigenvalue weighted by Gasteiger charge is -2.06. The van der Waals surface area contributed by atoms with E-state index in [0.29, 0.717) is 12.6 Å². The van der Waals surface area contributed by atoms with Crippen LogP contribution in [-0.2, 0) is 20.0 Å². The number of rotatable bonds is 5. The Bertz CT molecular complexity index is 626. The van der Waals surface area contributed by atoms with Crippen molar-refractivity contribution in [3.05, 3.63) is 40.6 Å². The minimum atomic E-state index is -0.0606. The zero-order valence-corrected chi connectivity index (χ0v) is 10.9. The van der Waals surface area contributed by atoms with E-state index < -0.39 is 0 Å². The Balaban J connectivity index is 1.65. The fourth-order valence-corrected chi connectivity index (χ4v) is 1.98. The van der Waals surface area contributed by atoms with Crippen LogP contribution in [0.4, 0.5) is 5.69 Å². The van der Waals surface area contributed by atoms with Crippen molar-refractivity contribution in [1.29, 1.82) is 0 Å². The maximum absolute atomic E-state index is 11.9. The molecule has 0 radical (unpaired) electrons. The van der Waals surface area contributed by atoms with Crippen LogP contribution in [0.3, 0.4) is 0 Å². The summed E-state index contributed by atoms with van der Waals surface area (Å²) < 4.78 is 3.25.